The summed E-state index contributed by atoms with van der Waals surface area (Å²) >= 11 is 0. The minimum absolute atomic E-state index is 0.157. The summed E-state index contributed by atoms with van der Waals surface area (Å²) in [6.07, 6.45) is 1.68. The van der Waals surface area contributed by atoms with Crippen molar-refractivity contribution in [2.24, 2.45) is 0 Å². The second kappa shape index (κ2) is 2.81. The van der Waals surface area contributed by atoms with Crippen LogP contribution in [0.1, 0.15) is 18.2 Å². The van der Waals surface area contributed by atoms with Gasteiger partial charge in [-0.1, -0.05) is 0 Å². The molecule has 2 heterocycles. The van der Waals surface area contributed by atoms with Gasteiger partial charge in [0, 0.05) is 12.1 Å². The largest absolute Gasteiger partial charge is 0.281 e. The molecule has 1 aliphatic rings. The van der Waals surface area contributed by atoms with E-state index < -0.39 is 10.0 Å². The minimum Gasteiger partial charge on any atom is -0.281 e. The monoisotopic (exact) mass is 201 g/mol. The van der Waals surface area contributed by atoms with Crippen LogP contribution < -0.4 is 0 Å². The SMILES string of the molecule is CCS(=O)(=O)N1Cc2cn[nH]c2C1. The molecule has 0 aliphatic carbocycles. The van der Waals surface area contributed by atoms with Gasteiger partial charge in [0.1, 0.15) is 0 Å². The molecule has 0 fully saturated rings. The van der Waals surface area contributed by atoms with Gasteiger partial charge in [0.25, 0.3) is 0 Å². The highest BCUT2D eigenvalue weighted by molar-refractivity contribution is 7.89. The van der Waals surface area contributed by atoms with Crippen LogP contribution in [0.5, 0.6) is 0 Å². The molecule has 0 radical (unpaired) electrons. The van der Waals surface area contributed by atoms with E-state index in [0.717, 1.165) is 11.3 Å². The molecule has 1 N–H and O–H groups in total. The molecule has 13 heavy (non-hydrogen) atoms. The van der Waals surface area contributed by atoms with Crippen LogP contribution in [-0.4, -0.2) is 28.7 Å². The summed E-state index contributed by atoms with van der Waals surface area (Å²) in [7, 11) is -3.05. The summed E-state index contributed by atoms with van der Waals surface area (Å²) in [5, 5.41) is 6.63. The Bertz CT molecular complexity index is 389. The first kappa shape index (κ1) is 8.71. The molecule has 0 atom stereocenters. The van der Waals surface area contributed by atoms with Gasteiger partial charge < -0.3 is 0 Å². The number of hydrogen-bond acceptors (Lipinski definition) is 3. The zero-order chi connectivity index (χ0) is 9.47. The molecular formula is C7H11N3O2S. The number of nitrogens with one attached hydrogen (secondary N) is 1. The third kappa shape index (κ3) is 1.36. The number of rotatable bonds is 2. The van der Waals surface area contributed by atoms with E-state index >= 15 is 0 Å². The van der Waals surface area contributed by atoms with Crippen LogP contribution in [0.15, 0.2) is 6.20 Å². The Labute approximate surface area is 76.8 Å². The number of H-pyrrole nitrogens is 1. The van der Waals surface area contributed by atoms with Crippen molar-refractivity contribution in [3.8, 4) is 0 Å². The summed E-state index contributed by atoms with van der Waals surface area (Å²) in [5.74, 6) is 0.157. The van der Waals surface area contributed by atoms with Gasteiger partial charge >= 0.3 is 0 Å². The number of fused-ring (bicyclic) bond motifs is 1. The van der Waals surface area contributed by atoms with Crippen LogP contribution in [0.25, 0.3) is 0 Å². The third-order valence-electron chi connectivity index (χ3n) is 2.25. The molecule has 2 rings (SSSR count). The van der Waals surface area contributed by atoms with Gasteiger partial charge in [0.15, 0.2) is 0 Å². The summed E-state index contributed by atoms with van der Waals surface area (Å²) in [6.45, 7) is 2.55. The summed E-state index contributed by atoms with van der Waals surface area (Å²) in [6, 6.07) is 0. The molecule has 0 saturated carbocycles. The Kier molecular flexibility index (Phi) is 1.88. The minimum atomic E-state index is -3.05. The Balaban J connectivity index is 2.24. The molecule has 1 aromatic heterocycles. The maximum absolute atomic E-state index is 11.5. The molecule has 0 unspecified atom stereocenters. The number of nitrogens with zero attached hydrogens (tertiary/aromatic N) is 2. The van der Waals surface area contributed by atoms with E-state index in [1.54, 1.807) is 13.1 Å². The topological polar surface area (TPSA) is 66.1 Å². The molecule has 0 bridgehead atoms. The second-order valence-electron chi connectivity index (χ2n) is 3.04. The van der Waals surface area contributed by atoms with E-state index in [1.807, 2.05) is 0 Å². The zero-order valence-electron chi connectivity index (χ0n) is 7.32. The quantitative estimate of drug-likeness (QED) is 0.736. The van der Waals surface area contributed by atoms with Crippen LogP contribution >= 0.6 is 0 Å². The number of sulfonamides is 1. The standard InChI is InChI=1S/C7H11N3O2S/c1-2-13(11,12)10-4-6-3-8-9-7(6)5-10/h3H,2,4-5H2,1H3,(H,8,9). The third-order valence-corrected chi connectivity index (χ3v) is 4.02. The van der Waals surface area contributed by atoms with Crippen molar-refractivity contribution in [1.82, 2.24) is 14.5 Å². The fraction of sp³-hybridized carbons (Fsp3) is 0.571. The van der Waals surface area contributed by atoms with Gasteiger partial charge in [0.05, 0.1) is 24.2 Å². The Morgan fingerprint density at radius 3 is 3.00 bits per heavy atom. The normalized spacial score (nSPS) is 17.6. The van der Waals surface area contributed by atoms with Crippen LogP contribution in [0, 0.1) is 0 Å². The van der Waals surface area contributed by atoms with E-state index in [0.29, 0.717) is 13.1 Å². The molecule has 0 aromatic carbocycles. The van der Waals surface area contributed by atoms with Crippen molar-refractivity contribution in [3.05, 3.63) is 17.5 Å². The first-order valence-electron chi connectivity index (χ1n) is 4.12. The van der Waals surface area contributed by atoms with Crippen molar-refractivity contribution in [2.45, 2.75) is 20.0 Å². The molecule has 5 nitrogen and oxygen atoms in total. The van der Waals surface area contributed by atoms with E-state index in [1.165, 1.54) is 4.31 Å². The lowest BCUT2D eigenvalue weighted by Gasteiger charge is -2.13. The Morgan fingerprint density at radius 2 is 2.38 bits per heavy atom. The lowest BCUT2D eigenvalue weighted by molar-refractivity contribution is 0.428. The predicted molar refractivity (Wildman–Crippen MR) is 47.3 cm³/mol. The van der Waals surface area contributed by atoms with E-state index in [-0.39, 0.29) is 5.75 Å². The molecule has 6 heteroatoms. The van der Waals surface area contributed by atoms with E-state index in [9.17, 15) is 8.42 Å². The van der Waals surface area contributed by atoms with Gasteiger partial charge in [-0.15, -0.1) is 0 Å². The predicted octanol–water partition coefficient (Wildman–Crippen LogP) is 0.0750. The summed E-state index contributed by atoms with van der Waals surface area (Å²) in [5.41, 5.74) is 1.90. The molecular weight excluding hydrogens is 190 g/mol. The molecule has 0 spiro atoms. The van der Waals surface area contributed by atoms with Gasteiger partial charge in [-0.25, -0.2) is 8.42 Å². The zero-order valence-corrected chi connectivity index (χ0v) is 8.13. The molecule has 72 valence electrons. The van der Waals surface area contributed by atoms with Gasteiger partial charge in [-0.05, 0) is 6.92 Å². The van der Waals surface area contributed by atoms with E-state index in [4.69, 9.17) is 0 Å². The first-order chi connectivity index (χ1) is 6.13. The Hall–Kier alpha value is -0.880. The number of aromatic amines is 1. The van der Waals surface area contributed by atoms with E-state index in [2.05, 4.69) is 10.2 Å². The van der Waals surface area contributed by atoms with Gasteiger partial charge in [-0.2, -0.15) is 9.40 Å². The van der Waals surface area contributed by atoms with Crippen LogP contribution in [0.3, 0.4) is 0 Å². The average Bonchev–Trinajstić information content (AvgIpc) is 2.61. The highest BCUT2D eigenvalue weighted by atomic mass is 32.2. The fourth-order valence-corrected chi connectivity index (χ4v) is 2.44. The van der Waals surface area contributed by atoms with Gasteiger partial charge in [0.2, 0.25) is 10.0 Å². The van der Waals surface area contributed by atoms with Crippen molar-refractivity contribution in [1.29, 1.82) is 0 Å². The Morgan fingerprint density at radius 1 is 1.62 bits per heavy atom. The number of hydrogen-bond donors (Lipinski definition) is 1. The second-order valence-corrected chi connectivity index (χ2v) is 5.30. The lowest BCUT2D eigenvalue weighted by atomic mass is 10.3. The number of aromatic nitrogens is 2. The van der Waals surface area contributed by atoms with Crippen molar-refractivity contribution in [2.75, 3.05) is 5.75 Å². The first-order valence-corrected chi connectivity index (χ1v) is 5.73. The summed E-state index contributed by atoms with van der Waals surface area (Å²) < 4.78 is 24.4. The van der Waals surface area contributed by atoms with Crippen molar-refractivity contribution < 1.29 is 8.42 Å². The summed E-state index contributed by atoms with van der Waals surface area (Å²) in [4.78, 5) is 0. The van der Waals surface area contributed by atoms with Crippen molar-refractivity contribution >= 4 is 10.0 Å². The lowest BCUT2D eigenvalue weighted by Crippen LogP contribution is -2.27. The highest BCUT2D eigenvalue weighted by Gasteiger charge is 2.28. The molecule has 1 aliphatic heterocycles. The smallest absolute Gasteiger partial charge is 0.214 e. The van der Waals surface area contributed by atoms with Gasteiger partial charge in [-0.3, -0.25) is 5.10 Å². The maximum Gasteiger partial charge on any atom is 0.214 e. The highest BCUT2D eigenvalue weighted by Crippen LogP contribution is 2.22. The maximum atomic E-state index is 11.5. The molecule has 0 saturated heterocycles. The average molecular weight is 201 g/mol. The van der Waals surface area contributed by atoms with Crippen molar-refractivity contribution in [3.63, 3.8) is 0 Å². The molecule has 0 amide bonds. The molecule has 1 aromatic rings. The fourth-order valence-electron chi connectivity index (χ4n) is 1.41. The van der Waals surface area contributed by atoms with Crippen LogP contribution in [0.4, 0.5) is 0 Å². The van der Waals surface area contributed by atoms with Crippen LogP contribution in [0.2, 0.25) is 0 Å². The van der Waals surface area contributed by atoms with Crippen LogP contribution in [-0.2, 0) is 23.1 Å².